The first-order valence-electron chi connectivity index (χ1n) is 10.00. The monoisotopic (exact) mass is 390 g/mol. The van der Waals surface area contributed by atoms with Crippen molar-refractivity contribution in [1.29, 1.82) is 0 Å². The summed E-state index contributed by atoms with van der Waals surface area (Å²) in [7, 11) is 1.37. The second kappa shape index (κ2) is 12.2. The van der Waals surface area contributed by atoms with Crippen molar-refractivity contribution in [3.8, 4) is 0 Å². The molecule has 0 aliphatic rings. The number of amides is 2. The fourth-order valence-electron chi connectivity index (χ4n) is 3.05. The molecule has 0 fully saturated rings. The first-order chi connectivity index (χ1) is 13.3. The molecule has 0 spiro atoms. The molecule has 0 saturated carbocycles. The van der Waals surface area contributed by atoms with Gasteiger partial charge in [-0.2, -0.15) is 0 Å². The Bertz CT molecular complexity index is 629. The smallest absolute Gasteiger partial charge is 0.305 e. The minimum atomic E-state index is -0.261. The molecule has 6 nitrogen and oxygen atoms in total. The molecule has 0 N–H and O–H groups in total. The maximum absolute atomic E-state index is 12.7. The Morgan fingerprint density at radius 2 is 1.39 bits per heavy atom. The number of esters is 1. The molecule has 2 amide bonds. The van der Waals surface area contributed by atoms with Crippen molar-refractivity contribution in [1.82, 2.24) is 9.80 Å². The number of benzene rings is 1. The first-order valence-corrected chi connectivity index (χ1v) is 10.00. The fourth-order valence-corrected chi connectivity index (χ4v) is 3.05. The number of nitrogens with zero attached hydrogens (tertiary/aromatic N) is 2. The number of hydrogen-bond acceptors (Lipinski definition) is 4. The summed E-state index contributed by atoms with van der Waals surface area (Å²) >= 11 is 0. The highest BCUT2D eigenvalue weighted by Crippen LogP contribution is 2.12. The van der Waals surface area contributed by atoms with Gasteiger partial charge in [0.25, 0.3) is 5.91 Å². The number of methoxy groups -OCH3 is 1. The third kappa shape index (κ3) is 7.71. The third-order valence-corrected chi connectivity index (χ3v) is 4.65. The van der Waals surface area contributed by atoms with E-state index in [1.165, 1.54) is 7.11 Å². The molecule has 0 aliphatic heterocycles. The highest BCUT2D eigenvalue weighted by Gasteiger charge is 2.21. The molecule has 1 aromatic carbocycles. The van der Waals surface area contributed by atoms with Crippen molar-refractivity contribution in [2.75, 3.05) is 20.2 Å². The molecule has 0 unspecified atom stereocenters. The zero-order valence-corrected chi connectivity index (χ0v) is 17.8. The maximum Gasteiger partial charge on any atom is 0.305 e. The Kier molecular flexibility index (Phi) is 10.3. The minimum Gasteiger partial charge on any atom is -0.469 e. The number of ether oxygens (including phenoxy) is 1. The molecule has 0 saturated heterocycles. The van der Waals surface area contributed by atoms with Crippen LogP contribution in [0.4, 0.5) is 0 Å². The zero-order chi connectivity index (χ0) is 21.1. The van der Waals surface area contributed by atoms with Gasteiger partial charge in [-0.25, -0.2) is 0 Å². The van der Waals surface area contributed by atoms with Gasteiger partial charge in [-0.1, -0.05) is 18.2 Å². The van der Waals surface area contributed by atoms with Gasteiger partial charge in [-0.05, 0) is 52.7 Å². The van der Waals surface area contributed by atoms with Gasteiger partial charge in [0.1, 0.15) is 0 Å². The van der Waals surface area contributed by atoms with Crippen LogP contribution in [0.5, 0.6) is 0 Å². The van der Waals surface area contributed by atoms with E-state index in [2.05, 4.69) is 4.74 Å². The highest BCUT2D eigenvalue weighted by atomic mass is 16.5. The SMILES string of the molecule is COC(=O)CCCN(C(=O)CCCN(C(=O)c1ccccc1)C(C)C)C(C)C. The third-order valence-electron chi connectivity index (χ3n) is 4.65. The van der Waals surface area contributed by atoms with E-state index in [1.807, 2.05) is 58.0 Å². The van der Waals surface area contributed by atoms with Crippen LogP contribution in [0.1, 0.15) is 63.7 Å². The Balaban J connectivity index is 2.57. The van der Waals surface area contributed by atoms with Crippen LogP contribution in [0.3, 0.4) is 0 Å². The lowest BCUT2D eigenvalue weighted by molar-refractivity contribution is -0.141. The average Bonchev–Trinajstić information content (AvgIpc) is 2.67. The Morgan fingerprint density at radius 3 is 1.93 bits per heavy atom. The summed E-state index contributed by atoms with van der Waals surface area (Å²) in [6.45, 7) is 8.96. The van der Waals surface area contributed by atoms with E-state index in [9.17, 15) is 14.4 Å². The molecule has 0 heterocycles. The van der Waals surface area contributed by atoms with Crippen LogP contribution < -0.4 is 0 Å². The fraction of sp³-hybridized carbons (Fsp3) is 0.591. The predicted octanol–water partition coefficient (Wildman–Crippen LogP) is 3.51. The molecular weight excluding hydrogens is 356 g/mol. The number of carbonyl (C=O) groups is 3. The van der Waals surface area contributed by atoms with Crippen molar-refractivity contribution in [3.63, 3.8) is 0 Å². The van der Waals surface area contributed by atoms with Crippen LogP contribution >= 0.6 is 0 Å². The van der Waals surface area contributed by atoms with Gasteiger partial charge < -0.3 is 14.5 Å². The van der Waals surface area contributed by atoms with Crippen molar-refractivity contribution in [3.05, 3.63) is 35.9 Å². The van der Waals surface area contributed by atoms with Crippen LogP contribution in [0.25, 0.3) is 0 Å². The van der Waals surface area contributed by atoms with Crippen molar-refractivity contribution < 1.29 is 19.1 Å². The highest BCUT2D eigenvalue weighted by molar-refractivity contribution is 5.94. The van der Waals surface area contributed by atoms with Crippen molar-refractivity contribution in [2.24, 2.45) is 0 Å². The first kappa shape index (κ1) is 23.7. The lowest BCUT2D eigenvalue weighted by atomic mass is 10.1. The zero-order valence-electron chi connectivity index (χ0n) is 17.8. The van der Waals surface area contributed by atoms with E-state index in [1.54, 1.807) is 9.80 Å². The van der Waals surface area contributed by atoms with Crippen LogP contribution in [0, 0.1) is 0 Å². The van der Waals surface area contributed by atoms with Gasteiger partial charge in [-0.15, -0.1) is 0 Å². The molecule has 0 bridgehead atoms. The molecule has 0 aromatic heterocycles. The molecular formula is C22H34N2O4. The summed E-state index contributed by atoms with van der Waals surface area (Å²) in [5, 5.41) is 0. The standard InChI is InChI=1S/C22H34N2O4/c1-17(2)23(15-10-14-21(26)28-5)20(25)13-9-16-24(18(3)4)22(27)19-11-7-6-8-12-19/h6-8,11-12,17-18H,9-10,13-16H2,1-5H3. The molecule has 6 heteroatoms. The molecule has 1 rings (SSSR count). The summed E-state index contributed by atoms with van der Waals surface area (Å²) in [5.41, 5.74) is 0.661. The molecule has 28 heavy (non-hydrogen) atoms. The second-order valence-corrected chi connectivity index (χ2v) is 7.42. The van der Waals surface area contributed by atoms with Crippen LogP contribution in [0.15, 0.2) is 30.3 Å². The topological polar surface area (TPSA) is 66.9 Å². The largest absolute Gasteiger partial charge is 0.469 e. The molecule has 0 aliphatic carbocycles. The van der Waals surface area contributed by atoms with E-state index < -0.39 is 0 Å². The van der Waals surface area contributed by atoms with E-state index in [0.29, 0.717) is 44.3 Å². The van der Waals surface area contributed by atoms with Gasteiger partial charge in [0.05, 0.1) is 7.11 Å². The average molecular weight is 391 g/mol. The summed E-state index contributed by atoms with van der Waals surface area (Å²) in [4.78, 5) is 40.2. The van der Waals surface area contributed by atoms with Crippen LogP contribution in [-0.4, -0.2) is 59.9 Å². The second-order valence-electron chi connectivity index (χ2n) is 7.42. The van der Waals surface area contributed by atoms with E-state index >= 15 is 0 Å². The summed E-state index contributed by atoms with van der Waals surface area (Å²) in [6.07, 6.45) is 1.87. The minimum absolute atomic E-state index is 0.0122. The number of carbonyl (C=O) groups excluding carboxylic acids is 3. The molecule has 156 valence electrons. The normalized spacial score (nSPS) is 10.8. The number of hydrogen-bond donors (Lipinski definition) is 0. The van der Waals surface area contributed by atoms with Gasteiger partial charge >= 0.3 is 5.97 Å². The Labute approximate surface area is 168 Å². The lowest BCUT2D eigenvalue weighted by Crippen LogP contribution is -2.40. The summed E-state index contributed by atoms with van der Waals surface area (Å²) in [6, 6.07) is 9.33. The quantitative estimate of drug-likeness (QED) is 0.542. The van der Waals surface area contributed by atoms with Crippen molar-refractivity contribution in [2.45, 2.75) is 65.5 Å². The van der Waals surface area contributed by atoms with E-state index in [0.717, 1.165) is 0 Å². The van der Waals surface area contributed by atoms with E-state index in [4.69, 9.17) is 0 Å². The van der Waals surface area contributed by atoms with Crippen LogP contribution in [-0.2, 0) is 14.3 Å². The van der Waals surface area contributed by atoms with Gasteiger partial charge in [0, 0.05) is 43.6 Å². The Morgan fingerprint density at radius 1 is 0.857 bits per heavy atom. The summed E-state index contributed by atoms with van der Waals surface area (Å²) < 4.78 is 4.65. The van der Waals surface area contributed by atoms with Gasteiger partial charge in [0.15, 0.2) is 0 Å². The maximum atomic E-state index is 12.7. The van der Waals surface area contributed by atoms with Gasteiger partial charge in [-0.3, -0.25) is 14.4 Å². The van der Waals surface area contributed by atoms with Crippen LogP contribution in [0.2, 0.25) is 0 Å². The predicted molar refractivity (Wildman–Crippen MR) is 110 cm³/mol. The molecule has 0 atom stereocenters. The molecule has 1 aromatic rings. The van der Waals surface area contributed by atoms with E-state index in [-0.39, 0.29) is 29.9 Å². The van der Waals surface area contributed by atoms with Gasteiger partial charge in [0.2, 0.25) is 5.91 Å². The number of rotatable bonds is 11. The molecule has 0 radical (unpaired) electrons. The summed E-state index contributed by atoms with van der Waals surface area (Å²) in [5.74, 6) is -0.222. The lowest BCUT2D eigenvalue weighted by Gasteiger charge is -2.29. The van der Waals surface area contributed by atoms with Crippen molar-refractivity contribution >= 4 is 17.8 Å². The Hall–Kier alpha value is -2.37.